The molecule has 5 heteroatoms. The van der Waals surface area contributed by atoms with E-state index in [2.05, 4.69) is 26.1 Å². The van der Waals surface area contributed by atoms with E-state index >= 15 is 0 Å². The SMILES string of the molecule is Cc1cc(-c2nc(Cc3ccc(Br)cc3)no2)ccc1N. The van der Waals surface area contributed by atoms with Crippen LogP contribution in [-0.4, -0.2) is 10.1 Å². The van der Waals surface area contributed by atoms with Crippen LogP contribution in [0.5, 0.6) is 0 Å². The molecule has 0 aliphatic carbocycles. The predicted octanol–water partition coefficient (Wildman–Crippen LogP) is 3.98. The lowest BCUT2D eigenvalue weighted by atomic mass is 10.1. The van der Waals surface area contributed by atoms with E-state index in [1.807, 2.05) is 49.4 Å². The molecular weight excluding hydrogens is 330 g/mol. The Kier molecular flexibility index (Phi) is 3.75. The summed E-state index contributed by atoms with van der Waals surface area (Å²) < 4.78 is 6.38. The molecule has 3 rings (SSSR count). The van der Waals surface area contributed by atoms with Gasteiger partial charge in [-0.25, -0.2) is 0 Å². The third-order valence-corrected chi connectivity index (χ3v) is 3.79. The highest BCUT2D eigenvalue weighted by atomic mass is 79.9. The second-order valence-electron chi connectivity index (χ2n) is 4.89. The summed E-state index contributed by atoms with van der Waals surface area (Å²) in [6.07, 6.45) is 0.644. The number of rotatable bonds is 3. The van der Waals surface area contributed by atoms with Crippen molar-refractivity contribution in [3.63, 3.8) is 0 Å². The molecule has 0 spiro atoms. The van der Waals surface area contributed by atoms with Crippen molar-refractivity contribution in [3.05, 3.63) is 63.9 Å². The molecule has 0 unspecified atom stereocenters. The summed E-state index contributed by atoms with van der Waals surface area (Å²) >= 11 is 3.42. The van der Waals surface area contributed by atoms with E-state index in [0.717, 1.165) is 26.9 Å². The van der Waals surface area contributed by atoms with Crippen LogP contribution in [0.4, 0.5) is 5.69 Å². The van der Waals surface area contributed by atoms with Gasteiger partial charge < -0.3 is 10.3 Å². The molecule has 0 saturated carbocycles. The number of hydrogen-bond acceptors (Lipinski definition) is 4. The van der Waals surface area contributed by atoms with E-state index in [9.17, 15) is 0 Å². The molecule has 0 aliphatic heterocycles. The first kappa shape index (κ1) is 13.8. The Labute approximate surface area is 131 Å². The smallest absolute Gasteiger partial charge is 0.257 e. The van der Waals surface area contributed by atoms with E-state index in [1.165, 1.54) is 0 Å². The van der Waals surface area contributed by atoms with Crippen LogP contribution in [0.15, 0.2) is 51.5 Å². The van der Waals surface area contributed by atoms with Crippen molar-refractivity contribution in [2.24, 2.45) is 0 Å². The van der Waals surface area contributed by atoms with Gasteiger partial charge in [-0.1, -0.05) is 33.2 Å². The molecule has 21 heavy (non-hydrogen) atoms. The van der Waals surface area contributed by atoms with Crippen molar-refractivity contribution in [3.8, 4) is 11.5 Å². The lowest BCUT2D eigenvalue weighted by Gasteiger charge is -2.00. The van der Waals surface area contributed by atoms with Gasteiger partial charge in [0.25, 0.3) is 5.89 Å². The largest absolute Gasteiger partial charge is 0.399 e. The first-order valence-electron chi connectivity index (χ1n) is 6.55. The maximum Gasteiger partial charge on any atom is 0.257 e. The number of halogens is 1. The van der Waals surface area contributed by atoms with Gasteiger partial charge in [-0.15, -0.1) is 0 Å². The monoisotopic (exact) mass is 343 g/mol. The lowest BCUT2D eigenvalue weighted by Crippen LogP contribution is -1.91. The molecule has 3 aromatic rings. The number of hydrogen-bond donors (Lipinski definition) is 1. The average Bonchev–Trinajstić information content (AvgIpc) is 2.93. The van der Waals surface area contributed by atoms with Crippen LogP contribution in [0.25, 0.3) is 11.5 Å². The molecule has 2 aromatic carbocycles. The number of benzene rings is 2. The zero-order valence-corrected chi connectivity index (χ0v) is 13.1. The minimum atomic E-state index is 0.519. The van der Waals surface area contributed by atoms with E-state index in [4.69, 9.17) is 10.3 Å². The normalized spacial score (nSPS) is 10.8. The van der Waals surface area contributed by atoms with Crippen molar-refractivity contribution in [2.75, 3.05) is 5.73 Å². The van der Waals surface area contributed by atoms with Crippen LogP contribution >= 0.6 is 15.9 Å². The molecule has 0 amide bonds. The van der Waals surface area contributed by atoms with Gasteiger partial charge in [0.1, 0.15) is 0 Å². The molecule has 0 atom stereocenters. The van der Waals surface area contributed by atoms with Gasteiger partial charge in [0.15, 0.2) is 5.82 Å². The molecule has 106 valence electrons. The zero-order chi connectivity index (χ0) is 14.8. The van der Waals surface area contributed by atoms with Gasteiger partial charge >= 0.3 is 0 Å². The summed E-state index contributed by atoms with van der Waals surface area (Å²) in [6.45, 7) is 1.96. The van der Waals surface area contributed by atoms with Crippen LogP contribution in [-0.2, 0) is 6.42 Å². The quantitative estimate of drug-likeness (QED) is 0.730. The summed E-state index contributed by atoms with van der Waals surface area (Å²) in [4.78, 5) is 4.44. The minimum absolute atomic E-state index is 0.519. The van der Waals surface area contributed by atoms with Crippen molar-refractivity contribution in [2.45, 2.75) is 13.3 Å². The van der Waals surface area contributed by atoms with E-state index in [0.29, 0.717) is 18.1 Å². The molecular formula is C16H14BrN3O. The summed E-state index contributed by atoms with van der Waals surface area (Å²) in [7, 11) is 0. The van der Waals surface area contributed by atoms with Crippen LogP contribution in [0, 0.1) is 6.92 Å². The van der Waals surface area contributed by atoms with Crippen molar-refractivity contribution < 1.29 is 4.52 Å². The van der Waals surface area contributed by atoms with Crippen molar-refractivity contribution in [1.82, 2.24) is 10.1 Å². The Bertz CT molecular complexity index is 765. The minimum Gasteiger partial charge on any atom is -0.399 e. The standard InChI is InChI=1S/C16H14BrN3O/c1-10-8-12(4-7-14(10)18)16-19-15(20-21-16)9-11-2-5-13(17)6-3-11/h2-8H,9,18H2,1H3. The predicted molar refractivity (Wildman–Crippen MR) is 85.8 cm³/mol. The van der Waals surface area contributed by atoms with Gasteiger partial charge in [0.05, 0.1) is 0 Å². The number of aryl methyl sites for hydroxylation is 1. The van der Waals surface area contributed by atoms with Gasteiger partial charge in [0, 0.05) is 22.1 Å². The second kappa shape index (κ2) is 5.69. The Morgan fingerprint density at radius 2 is 1.90 bits per heavy atom. The topological polar surface area (TPSA) is 64.9 Å². The highest BCUT2D eigenvalue weighted by molar-refractivity contribution is 9.10. The van der Waals surface area contributed by atoms with E-state index in [1.54, 1.807) is 0 Å². The molecule has 4 nitrogen and oxygen atoms in total. The lowest BCUT2D eigenvalue weighted by molar-refractivity contribution is 0.424. The molecule has 0 aliphatic rings. The fourth-order valence-corrected chi connectivity index (χ4v) is 2.30. The summed E-state index contributed by atoms with van der Waals surface area (Å²) in [6, 6.07) is 13.8. The van der Waals surface area contributed by atoms with Gasteiger partial charge in [-0.2, -0.15) is 4.98 Å². The van der Waals surface area contributed by atoms with Crippen LogP contribution in [0.2, 0.25) is 0 Å². The number of nitrogen functional groups attached to an aromatic ring is 1. The van der Waals surface area contributed by atoms with Crippen LogP contribution < -0.4 is 5.73 Å². The highest BCUT2D eigenvalue weighted by Gasteiger charge is 2.10. The molecule has 0 fully saturated rings. The first-order chi connectivity index (χ1) is 10.1. The van der Waals surface area contributed by atoms with E-state index < -0.39 is 0 Å². The molecule has 0 bridgehead atoms. The highest BCUT2D eigenvalue weighted by Crippen LogP contribution is 2.22. The summed E-state index contributed by atoms with van der Waals surface area (Å²) in [5, 5.41) is 4.03. The number of anilines is 1. The first-order valence-corrected chi connectivity index (χ1v) is 7.34. The third kappa shape index (κ3) is 3.13. The molecule has 0 saturated heterocycles. The van der Waals surface area contributed by atoms with Gasteiger partial charge in [-0.3, -0.25) is 0 Å². The van der Waals surface area contributed by atoms with Crippen LogP contribution in [0.3, 0.4) is 0 Å². The number of nitrogens with zero attached hydrogens (tertiary/aromatic N) is 2. The number of nitrogens with two attached hydrogens (primary N) is 1. The Balaban J connectivity index is 1.82. The number of aromatic nitrogens is 2. The average molecular weight is 344 g/mol. The third-order valence-electron chi connectivity index (χ3n) is 3.26. The molecule has 2 N–H and O–H groups in total. The summed E-state index contributed by atoms with van der Waals surface area (Å²) in [5.74, 6) is 1.19. The Morgan fingerprint density at radius 3 is 2.62 bits per heavy atom. The zero-order valence-electron chi connectivity index (χ0n) is 11.5. The van der Waals surface area contributed by atoms with Crippen molar-refractivity contribution in [1.29, 1.82) is 0 Å². The van der Waals surface area contributed by atoms with Gasteiger partial charge in [0.2, 0.25) is 0 Å². The molecule has 1 heterocycles. The van der Waals surface area contributed by atoms with Gasteiger partial charge in [-0.05, 0) is 48.4 Å². The maximum atomic E-state index is 5.82. The van der Waals surface area contributed by atoms with E-state index in [-0.39, 0.29) is 0 Å². The summed E-state index contributed by atoms with van der Waals surface area (Å²) in [5.41, 5.74) is 9.60. The Morgan fingerprint density at radius 1 is 1.14 bits per heavy atom. The second-order valence-corrected chi connectivity index (χ2v) is 5.81. The maximum absolute atomic E-state index is 5.82. The fraction of sp³-hybridized carbons (Fsp3) is 0.125. The fourth-order valence-electron chi connectivity index (χ4n) is 2.04. The molecule has 1 aromatic heterocycles. The Hall–Kier alpha value is -2.14. The molecule has 0 radical (unpaired) electrons. The van der Waals surface area contributed by atoms with Crippen LogP contribution in [0.1, 0.15) is 17.0 Å². The van der Waals surface area contributed by atoms with Crippen molar-refractivity contribution >= 4 is 21.6 Å².